The summed E-state index contributed by atoms with van der Waals surface area (Å²) in [5.41, 5.74) is 1.24. The van der Waals surface area contributed by atoms with Gasteiger partial charge in [-0.2, -0.15) is 0 Å². The maximum absolute atomic E-state index is 11.4. The zero-order valence-corrected chi connectivity index (χ0v) is 12.2. The van der Waals surface area contributed by atoms with Crippen LogP contribution in [0.25, 0.3) is 11.3 Å². The van der Waals surface area contributed by atoms with Gasteiger partial charge >= 0.3 is 5.97 Å². The molecule has 1 N–H and O–H groups in total. The third-order valence-corrected chi connectivity index (χ3v) is 4.29. The summed E-state index contributed by atoms with van der Waals surface area (Å²) in [7, 11) is 0. The van der Waals surface area contributed by atoms with Gasteiger partial charge in [-0.05, 0) is 12.1 Å². The van der Waals surface area contributed by atoms with Gasteiger partial charge < -0.3 is 9.84 Å². The first-order valence-electron chi connectivity index (χ1n) is 6.67. The zero-order valence-electron chi connectivity index (χ0n) is 11.4. The topological polar surface area (TPSA) is 75.5 Å². The monoisotopic (exact) mass is 305 g/mol. The van der Waals surface area contributed by atoms with E-state index in [1.54, 1.807) is 18.5 Å². The minimum atomic E-state index is -0.945. The SMILES string of the molecule is O=C(O)c1sc(CN2CCOCC2)nc1-c1cccnc1. The molecule has 0 atom stereocenters. The maximum atomic E-state index is 11.4. The predicted octanol–water partition coefficient (Wildman–Crippen LogP) is 1.74. The standard InChI is InChI=1S/C14H15N3O3S/c18-14(19)13-12(10-2-1-3-15-8-10)16-11(21-13)9-17-4-6-20-7-5-17/h1-3,8H,4-7,9H2,(H,18,19). The van der Waals surface area contributed by atoms with Gasteiger partial charge in [0.25, 0.3) is 0 Å². The molecule has 7 heteroatoms. The van der Waals surface area contributed by atoms with Crippen molar-refractivity contribution in [3.05, 3.63) is 34.4 Å². The number of hydrogen-bond donors (Lipinski definition) is 1. The van der Waals surface area contributed by atoms with Crippen molar-refractivity contribution in [2.24, 2.45) is 0 Å². The normalized spacial score (nSPS) is 16.0. The molecule has 2 aromatic heterocycles. The van der Waals surface area contributed by atoms with Crippen LogP contribution in [-0.2, 0) is 11.3 Å². The molecule has 0 bridgehead atoms. The number of thiazole rings is 1. The average molecular weight is 305 g/mol. The lowest BCUT2D eigenvalue weighted by atomic mass is 10.2. The fourth-order valence-electron chi connectivity index (χ4n) is 2.23. The van der Waals surface area contributed by atoms with E-state index < -0.39 is 5.97 Å². The first-order valence-corrected chi connectivity index (χ1v) is 7.49. The number of nitrogens with zero attached hydrogens (tertiary/aromatic N) is 3. The van der Waals surface area contributed by atoms with Gasteiger partial charge in [0.2, 0.25) is 0 Å². The van der Waals surface area contributed by atoms with Crippen molar-refractivity contribution < 1.29 is 14.6 Å². The van der Waals surface area contributed by atoms with Crippen LogP contribution in [0, 0.1) is 0 Å². The molecule has 1 aliphatic heterocycles. The molecule has 0 unspecified atom stereocenters. The summed E-state index contributed by atoms with van der Waals surface area (Å²) in [6, 6.07) is 3.61. The molecule has 0 saturated carbocycles. The first kappa shape index (κ1) is 14.1. The van der Waals surface area contributed by atoms with Crippen LogP contribution in [0.15, 0.2) is 24.5 Å². The molecule has 1 fully saturated rings. The Balaban J connectivity index is 1.87. The van der Waals surface area contributed by atoms with E-state index in [1.807, 2.05) is 6.07 Å². The second-order valence-electron chi connectivity index (χ2n) is 4.72. The molecule has 0 amide bonds. The largest absolute Gasteiger partial charge is 0.477 e. The molecule has 0 spiro atoms. The van der Waals surface area contributed by atoms with Gasteiger partial charge in [0.05, 0.1) is 25.5 Å². The summed E-state index contributed by atoms with van der Waals surface area (Å²) in [6.45, 7) is 3.79. The molecule has 3 rings (SSSR count). The highest BCUT2D eigenvalue weighted by molar-refractivity contribution is 7.14. The van der Waals surface area contributed by atoms with Crippen LogP contribution in [-0.4, -0.2) is 52.2 Å². The Hall–Kier alpha value is -1.83. The summed E-state index contributed by atoms with van der Waals surface area (Å²) in [5.74, 6) is -0.945. The van der Waals surface area contributed by atoms with Gasteiger partial charge in [-0.1, -0.05) is 0 Å². The lowest BCUT2D eigenvalue weighted by Gasteiger charge is -2.25. The summed E-state index contributed by atoms with van der Waals surface area (Å²) >= 11 is 1.24. The van der Waals surface area contributed by atoms with Crippen LogP contribution in [0.1, 0.15) is 14.7 Å². The van der Waals surface area contributed by atoms with Crippen molar-refractivity contribution in [1.82, 2.24) is 14.9 Å². The number of carboxylic acid groups (broad SMARTS) is 1. The van der Waals surface area contributed by atoms with Gasteiger partial charge in [-0.25, -0.2) is 9.78 Å². The van der Waals surface area contributed by atoms with E-state index in [9.17, 15) is 9.90 Å². The van der Waals surface area contributed by atoms with Crippen molar-refractivity contribution in [3.63, 3.8) is 0 Å². The molecule has 1 saturated heterocycles. The first-order chi connectivity index (χ1) is 10.2. The number of rotatable bonds is 4. The summed E-state index contributed by atoms with van der Waals surface area (Å²) < 4.78 is 5.31. The predicted molar refractivity (Wildman–Crippen MR) is 78.4 cm³/mol. The molecule has 0 aliphatic carbocycles. The van der Waals surface area contributed by atoms with E-state index in [0.29, 0.717) is 25.5 Å². The van der Waals surface area contributed by atoms with Crippen LogP contribution in [0.2, 0.25) is 0 Å². The number of aromatic nitrogens is 2. The molecule has 2 aromatic rings. The zero-order chi connectivity index (χ0) is 14.7. The molecular formula is C14H15N3O3S. The quantitative estimate of drug-likeness (QED) is 0.927. The summed E-state index contributed by atoms with van der Waals surface area (Å²) in [5, 5.41) is 10.2. The van der Waals surface area contributed by atoms with E-state index >= 15 is 0 Å². The van der Waals surface area contributed by atoms with Gasteiger partial charge in [0.1, 0.15) is 9.88 Å². The van der Waals surface area contributed by atoms with E-state index in [1.165, 1.54) is 11.3 Å². The number of hydrogen-bond acceptors (Lipinski definition) is 6. The number of carbonyl (C=O) groups is 1. The second-order valence-corrected chi connectivity index (χ2v) is 5.80. The van der Waals surface area contributed by atoms with E-state index in [0.717, 1.165) is 23.7 Å². The number of aromatic carboxylic acids is 1. The highest BCUT2D eigenvalue weighted by Gasteiger charge is 2.20. The summed E-state index contributed by atoms with van der Waals surface area (Å²) in [6.07, 6.45) is 3.30. The van der Waals surface area contributed by atoms with Crippen LogP contribution in [0.4, 0.5) is 0 Å². The van der Waals surface area contributed by atoms with Crippen molar-refractivity contribution in [2.45, 2.75) is 6.54 Å². The highest BCUT2D eigenvalue weighted by atomic mass is 32.1. The van der Waals surface area contributed by atoms with Crippen LogP contribution >= 0.6 is 11.3 Å². The molecular weight excluding hydrogens is 290 g/mol. The third kappa shape index (κ3) is 3.26. The fraction of sp³-hybridized carbons (Fsp3) is 0.357. The molecule has 110 valence electrons. The molecule has 0 radical (unpaired) electrons. The van der Waals surface area contributed by atoms with Crippen LogP contribution in [0.5, 0.6) is 0 Å². The molecule has 1 aliphatic rings. The Morgan fingerprint density at radius 1 is 1.43 bits per heavy atom. The molecule has 3 heterocycles. The van der Waals surface area contributed by atoms with E-state index in [4.69, 9.17) is 4.74 Å². The Morgan fingerprint density at radius 3 is 2.90 bits per heavy atom. The van der Waals surface area contributed by atoms with Gasteiger partial charge in [0, 0.05) is 31.0 Å². The van der Waals surface area contributed by atoms with Gasteiger partial charge in [0.15, 0.2) is 0 Å². The van der Waals surface area contributed by atoms with E-state index in [-0.39, 0.29) is 4.88 Å². The molecule has 21 heavy (non-hydrogen) atoms. The number of ether oxygens (including phenoxy) is 1. The van der Waals surface area contributed by atoms with E-state index in [2.05, 4.69) is 14.9 Å². The fourth-order valence-corrected chi connectivity index (χ4v) is 3.19. The number of morpholine rings is 1. The Labute approximate surface area is 126 Å². The second kappa shape index (κ2) is 6.30. The smallest absolute Gasteiger partial charge is 0.348 e. The van der Waals surface area contributed by atoms with Crippen molar-refractivity contribution in [2.75, 3.05) is 26.3 Å². The van der Waals surface area contributed by atoms with Crippen molar-refractivity contribution in [1.29, 1.82) is 0 Å². The maximum Gasteiger partial charge on any atom is 0.348 e. The van der Waals surface area contributed by atoms with Crippen molar-refractivity contribution >= 4 is 17.3 Å². The van der Waals surface area contributed by atoms with Gasteiger partial charge in [-0.3, -0.25) is 9.88 Å². The number of pyridine rings is 1. The Kier molecular flexibility index (Phi) is 4.23. The molecule has 6 nitrogen and oxygen atoms in total. The van der Waals surface area contributed by atoms with Crippen LogP contribution in [0.3, 0.4) is 0 Å². The van der Waals surface area contributed by atoms with Crippen LogP contribution < -0.4 is 0 Å². The minimum Gasteiger partial charge on any atom is -0.477 e. The average Bonchev–Trinajstić information content (AvgIpc) is 2.93. The third-order valence-electron chi connectivity index (χ3n) is 3.26. The van der Waals surface area contributed by atoms with Crippen molar-refractivity contribution in [3.8, 4) is 11.3 Å². The Morgan fingerprint density at radius 2 is 2.24 bits per heavy atom. The minimum absolute atomic E-state index is 0.270. The lowest BCUT2D eigenvalue weighted by Crippen LogP contribution is -2.35. The highest BCUT2D eigenvalue weighted by Crippen LogP contribution is 2.28. The molecule has 0 aromatic carbocycles. The van der Waals surface area contributed by atoms with Gasteiger partial charge in [-0.15, -0.1) is 11.3 Å². The Bertz CT molecular complexity index is 624. The summed E-state index contributed by atoms with van der Waals surface area (Å²) in [4.78, 5) is 22.5. The number of carboxylic acids is 1. The lowest BCUT2D eigenvalue weighted by molar-refractivity contribution is 0.0341.